The van der Waals surface area contributed by atoms with Gasteiger partial charge in [-0.1, -0.05) is 6.07 Å². The van der Waals surface area contributed by atoms with Crippen LogP contribution in [0.1, 0.15) is 24.1 Å². The SMILES string of the molecule is O=C1NC(=O)/C(=C/c2ccnc(N3CCC(CNCc4ccnc(-c5ccc6[nH]ccc6c5)c4)CC3)n2)S1. The van der Waals surface area contributed by atoms with Crippen LogP contribution in [0.25, 0.3) is 28.2 Å². The van der Waals surface area contributed by atoms with Crippen molar-refractivity contribution in [1.82, 2.24) is 30.6 Å². The molecule has 192 valence electrons. The van der Waals surface area contributed by atoms with Crippen molar-refractivity contribution in [2.24, 2.45) is 5.92 Å². The van der Waals surface area contributed by atoms with E-state index in [1.54, 1.807) is 18.3 Å². The number of amides is 2. The highest BCUT2D eigenvalue weighted by molar-refractivity contribution is 8.18. The molecule has 2 aliphatic rings. The van der Waals surface area contributed by atoms with Crippen LogP contribution in [0.2, 0.25) is 0 Å². The number of H-pyrrole nitrogens is 1. The van der Waals surface area contributed by atoms with Gasteiger partial charge in [0.15, 0.2) is 0 Å². The van der Waals surface area contributed by atoms with Gasteiger partial charge in [-0.25, -0.2) is 9.97 Å². The van der Waals surface area contributed by atoms with E-state index in [4.69, 9.17) is 0 Å². The Kier molecular flexibility index (Phi) is 6.89. The van der Waals surface area contributed by atoms with Crippen molar-refractivity contribution >= 4 is 45.8 Å². The average molecular weight is 526 g/mol. The van der Waals surface area contributed by atoms with Crippen LogP contribution in [0.5, 0.6) is 0 Å². The summed E-state index contributed by atoms with van der Waals surface area (Å²) in [6.07, 6.45) is 9.26. The third-order valence-electron chi connectivity index (χ3n) is 6.92. The number of imide groups is 1. The van der Waals surface area contributed by atoms with Crippen LogP contribution in [0.3, 0.4) is 0 Å². The molecule has 4 aromatic rings. The second-order valence-electron chi connectivity index (χ2n) is 9.52. The van der Waals surface area contributed by atoms with Gasteiger partial charge in [-0.3, -0.25) is 19.9 Å². The van der Waals surface area contributed by atoms with E-state index in [-0.39, 0.29) is 11.1 Å². The van der Waals surface area contributed by atoms with Crippen molar-refractivity contribution in [2.75, 3.05) is 24.5 Å². The highest BCUT2D eigenvalue weighted by atomic mass is 32.2. The number of carbonyl (C=O) groups excluding carboxylic acids is 2. The normalized spacial score (nSPS) is 17.5. The molecular formula is C28H27N7O2S. The summed E-state index contributed by atoms with van der Waals surface area (Å²) in [7, 11) is 0. The average Bonchev–Trinajstić information content (AvgIpc) is 3.54. The maximum absolute atomic E-state index is 11.8. The van der Waals surface area contributed by atoms with Gasteiger partial charge in [0.25, 0.3) is 11.1 Å². The van der Waals surface area contributed by atoms with Gasteiger partial charge in [-0.05, 0) is 85.1 Å². The molecule has 2 aliphatic heterocycles. The molecule has 38 heavy (non-hydrogen) atoms. The smallest absolute Gasteiger partial charge is 0.290 e. The number of thioether (sulfide) groups is 1. The lowest BCUT2D eigenvalue weighted by atomic mass is 9.97. The lowest BCUT2D eigenvalue weighted by molar-refractivity contribution is -0.115. The van der Waals surface area contributed by atoms with Crippen molar-refractivity contribution in [3.63, 3.8) is 0 Å². The largest absolute Gasteiger partial charge is 0.361 e. The third kappa shape index (κ3) is 5.46. The molecule has 3 aromatic heterocycles. The number of nitrogens with zero attached hydrogens (tertiary/aromatic N) is 4. The van der Waals surface area contributed by atoms with Crippen LogP contribution in [0.15, 0.2) is 66.0 Å². The number of benzene rings is 1. The van der Waals surface area contributed by atoms with Crippen molar-refractivity contribution in [3.8, 4) is 11.3 Å². The van der Waals surface area contributed by atoms with Gasteiger partial charge < -0.3 is 15.2 Å². The first-order valence-corrected chi connectivity index (χ1v) is 13.5. The molecule has 0 saturated carbocycles. The fourth-order valence-electron chi connectivity index (χ4n) is 4.86. The van der Waals surface area contributed by atoms with Gasteiger partial charge in [-0.15, -0.1) is 0 Å². The molecular weight excluding hydrogens is 498 g/mol. The molecule has 9 nitrogen and oxygen atoms in total. The number of aromatic nitrogens is 4. The van der Waals surface area contributed by atoms with Crippen molar-refractivity contribution in [1.29, 1.82) is 0 Å². The summed E-state index contributed by atoms with van der Waals surface area (Å²) >= 11 is 0.892. The molecule has 1 aromatic carbocycles. The predicted octanol–water partition coefficient (Wildman–Crippen LogP) is 4.35. The maximum atomic E-state index is 11.8. The Bertz CT molecular complexity index is 1520. The zero-order valence-corrected chi connectivity index (χ0v) is 21.5. The molecule has 0 atom stereocenters. The summed E-state index contributed by atoms with van der Waals surface area (Å²) in [5.41, 5.74) is 5.07. The Morgan fingerprint density at radius 1 is 1.05 bits per heavy atom. The van der Waals surface area contributed by atoms with Gasteiger partial charge in [0.2, 0.25) is 5.95 Å². The second-order valence-corrected chi connectivity index (χ2v) is 10.5. The molecule has 2 fully saturated rings. The molecule has 0 bridgehead atoms. The van der Waals surface area contributed by atoms with Crippen LogP contribution in [-0.2, 0) is 11.3 Å². The Morgan fingerprint density at radius 2 is 1.92 bits per heavy atom. The van der Waals surface area contributed by atoms with Crippen molar-refractivity contribution in [3.05, 3.63) is 77.2 Å². The highest BCUT2D eigenvalue weighted by Crippen LogP contribution is 2.26. The summed E-state index contributed by atoms with van der Waals surface area (Å²) < 4.78 is 0. The minimum atomic E-state index is -0.380. The third-order valence-corrected chi connectivity index (χ3v) is 7.73. The molecule has 0 aliphatic carbocycles. The van der Waals surface area contributed by atoms with Crippen LogP contribution in [-0.4, -0.2) is 50.7 Å². The zero-order valence-electron chi connectivity index (χ0n) is 20.7. The minimum absolute atomic E-state index is 0.354. The van der Waals surface area contributed by atoms with E-state index < -0.39 is 0 Å². The number of hydrogen-bond acceptors (Lipinski definition) is 8. The lowest BCUT2D eigenvalue weighted by Gasteiger charge is -2.32. The number of nitrogens with one attached hydrogen (secondary N) is 3. The number of anilines is 1. The first-order valence-electron chi connectivity index (χ1n) is 12.7. The van der Waals surface area contributed by atoms with E-state index in [0.29, 0.717) is 22.5 Å². The number of hydrogen-bond donors (Lipinski definition) is 3. The molecule has 3 N–H and O–H groups in total. The lowest BCUT2D eigenvalue weighted by Crippen LogP contribution is -2.38. The van der Waals surface area contributed by atoms with Crippen molar-refractivity contribution < 1.29 is 9.59 Å². The quantitative estimate of drug-likeness (QED) is 0.305. The zero-order chi connectivity index (χ0) is 25.9. The number of carbonyl (C=O) groups is 2. The highest BCUT2D eigenvalue weighted by Gasteiger charge is 2.25. The first kappa shape index (κ1) is 24.3. The Morgan fingerprint density at radius 3 is 2.76 bits per heavy atom. The maximum Gasteiger partial charge on any atom is 0.290 e. The summed E-state index contributed by atoms with van der Waals surface area (Å²) in [6.45, 7) is 3.51. The molecule has 2 saturated heterocycles. The van der Waals surface area contributed by atoms with Crippen LogP contribution >= 0.6 is 11.8 Å². The molecule has 0 radical (unpaired) electrons. The topological polar surface area (TPSA) is 116 Å². The fourth-order valence-corrected chi connectivity index (χ4v) is 5.53. The monoisotopic (exact) mass is 525 g/mol. The standard InChI is InChI=1S/C28H27N7O2S/c36-26-25(38-28(37)34-26)15-22-5-10-32-27(33-22)35-11-6-18(7-12-35)16-29-17-19-3-8-31-24(13-19)20-1-2-23-21(14-20)4-9-30-23/h1-5,8-10,13-15,18,29-30H,6-7,11-12,16-17H2,(H,34,36,37)/b25-15-. The first-order chi connectivity index (χ1) is 18.6. The number of fused-ring (bicyclic) bond motifs is 1. The van der Waals surface area contributed by atoms with Gasteiger partial charge in [0.1, 0.15) is 0 Å². The predicted molar refractivity (Wildman–Crippen MR) is 149 cm³/mol. The van der Waals surface area contributed by atoms with E-state index in [9.17, 15) is 9.59 Å². The summed E-state index contributed by atoms with van der Waals surface area (Å²) in [4.78, 5) is 42.6. The van der Waals surface area contributed by atoms with Gasteiger partial charge in [0, 0.05) is 54.7 Å². The molecule has 5 heterocycles. The van der Waals surface area contributed by atoms with Crippen LogP contribution in [0.4, 0.5) is 10.7 Å². The minimum Gasteiger partial charge on any atom is -0.361 e. The number of piperidine rings is 1. The molecule has 2 amide bonds. The van der Waals surface area contributed by atoms with E-state index in [1.165, 1.54) is 10.9 Å². The molecule has 0 spiro atoms. The molecule has 0 unspecified atom stereocenters. The summed E-state index contributed by atoms with van der Waals surface area (Å²) in [6, 6.07) is 14.4. The van der Waals surface area contributed by atoms with Crippen LogP contribution in [0, 0.1) is 5.92 Å². The van der Waals surface area contributed by atoms with E-state index >= 15 is 0 Å². The Balaban J connectivity index is 1.01. The summed E-state index contributed by atoms with van der Waals surface area (Å²) in [5, 5.41) is 6.72. The Labute approximate surface area is 224 Å². The van der Waals surface area contributed by atoms with E-state index in [0.717, 1.165) is 67.6 Å². The van der Waals surface area contributed by atoms with Gasteiger partial charge in [-0.2, -0.15) is 0 Å². The fraction of sp³-hybridized carbons (Fsp3) is 0.250. The van der Waals surface area contributed by atoms with Gasteiger partial charge >= 0.3 is 0 Å². The van der Waals surface area contributed by atoms with E-state index in [2.05, 4.69) is 71.9 Å². The molecule has 10 heteroatoms. The van der Waals surface area contributed by atoms with Crippen LogP contribution < -0.4 is 15.5 Å². The summed E-state index contributed by atoms with van der Waals surface area (Å²) in [5.74, 6) is 0.857. The number of aromatic amines is 1. The molecule has 6 rings (SSSR count). The number of pyridine rings is 1. The van der Waals surface area contributed by atoms with Crippen molar-refractivity contribution in [2.45, 2.75) is 19.4 Å². The van der Waals surface area contributed by atoms with Gasteiger partial charge in [0.05, 0.1) is 16.3 Å². The number of rotatable bonds is 7. The second kappa shape index (κ2) is 10.8. The van der Waals surface area contributed by atoms with E-state index in [1.807, 2.05) is 12.4 Å². The Hall–Kier alpha value is -4.02.